The molecule has 1 aliphatic rings. The summed E-state index contributed by atoms with van der Waals surface area (Å²) in [5.41, 5.74) is 2.35. The molecule has 106 valence electrons. The fourth-order valence-electron chi connectivity index (χ4n) is 2.92. The van der Waals surface area contributed by atoms with E-state index in [0.717, 1.165) is 12.5 Å². The van der Waals surface area contributed by atoms with Crippen molar-refractivity contribution in [2.75, 3.05) is 13.1 Å². The summed E-state index contributed by atoms with van der Waals surface area (Å²) in [5.74, 6) is 0.857. The lowest BCUT2D eigenvalue weighted by atomic mass is 9.77. The van der Waals surface area contributed by atoms with Crippen LogP contribution >= 0.6 is 0 Å². The molecule has 0 saturated carbocycles. The third-order valence-corrected chi connectivity index (χ3v) is 4.29. The third-order valence-electron chi connectivity index (χ3n) is 4.29. The van der Waals surface area contributed by atoms with Crippen LogP contribution in [0.5, 0.6) is 0 Å². The third kappa shape index (κ3) is 4.42. The number of allylic oxidation sites excluding steroid dienone is 2. The van der Waals surface area contributed by atoms with Crippen molar-refractivity contribution < 1.29 is 0 Å². The first-order valence-corrected chi connectivity index (χ1v) is 7.59. The normalized spacial score (nSPS) is 22.2. The van der Waals surface area contributed by atoms with E-state index in [1.165, 1.54) is 25.8 Å². The minimum Gasteiger partial charge on any atom is -0.298 e. The Morgan fingerprint density at radius 3 is 2.11 bits per heavy atom. The molecule has 0 spiro atoms. The minimum absolute atomic E-state index is 0.308. The Kier molecular flexibility index (Phi) is 5.05. The van der Waals surface area contributed by atoms with Crippen LogP contribution in [0, 0.1) is 11.3 Å². The molecule has 0 aromatic carbocycles. The first-order valence-electron chi connectivity index (χ1n) is 7.59. The average Bonchev–Trinajstić information content (AvgIpc) is 2.23. The topological polar surface area (TPSA) is 3.24 Å². The van der Waals surface area contributed by atoms with Gasteiger partial charge in [-0.3, -0.25) is 4.90 Å². The number of hydrogen-bond acceptors (Lipinski definition) is 1. The van der Waals surface area contributed by atoms with E-state index < -0.39 is 0 Å². The lowest BCUT2D eigenvalue weighted by Crippen LogP contribution is -2.44. The molecule has 1 aliphatic carbocycles. The van der Waals surface area contributed by atoms with Crippen molar-refractivity contribution in [2.45, 2.75) is 73.3 Å². The second-order valence-corrected chi connectivity index (χ2v) is 7.83. The molecule has 0 amide bonds. The summed E-state index contributed by atoms with van der Waals surface area (Å²) in [6, 6.07) is 0. The Morgan fingerprint density at radius 1 is 1.17 bits per heavy atom. The zero-order chi connectivity index (χ0) is 14.0. The molecular weight excluding hydrogens is 218 g/mol. The summed E-state index contributed by atoms with van der Waals surface area (Å²) in [6.07, 6.45) is 6.47. The van der Waals surface area contributed by atoms with Gasteiger partial charge in [-0.15, -0.1) is 0 Å². The van der Waals surface area contributed by atoms with Crippen LogP contribution in [0.25, 0.3) is 0 Å². The smallest absolute Gasteiger partial charge is 0.0125 e. The highest BCUT2D eigenvalue weighted by atomic mass is 15.2. The Morgan fingerprint density at radius 2 is 1.78 bits per heavy atom. The highest BCUT2D eigenvalue weighted by Crippen LogP contribution is 2.35. The molecule has 0 radical (unpaired) electrons. The Bertz CT molecular complexity index is 288. The Hall–Kier alpha value is -0.300. The molecule has 0 aromatic heterocycles. The molecule has 0 bridgehead atoms. The quantitative estimate of drug-likeness (QED) is 0.646. The van der Waals surface area contributed by atoms with Crippen LogP contribution in [0.1, 0.15) is 67.7 Å². The molecule has 1 unspecified atom stereocenters. The summed E-state index contributed by atoms with van der Waals surface area (Å²) in [6.45, 7) is 18.7. The molecule has 0 aliphatic heterocycles. The lowest BCUT2D eigenvalue weighted by Gasteiger charge is -2.39. The SMILES string of the molecule is CCN(CC1CC=C(C(C)(C)C)CC1)C(C)(C)C. The van der Waals surface area contributed by atoms with E-state index in [0.29, 0.717) is 11.0 Å². The average molecular weight is 251 g/mol. The van der Waals surface area contributed by atoms with Gasteiger partial charge in [-0.2, -0.15) is 0 Å². The molecule has 0 fully saturated rings. The van der Waals surface area contributed by atoms with E-state index in [-0.39, 0.29) is 0 Å². The van der Waals surface area contributed by atoms with Crippen LogP contribution in [0.15, 0.2) is 11.6 Å². The fourth-order valence-corrected chi connectivity index (χ4v) is 2.92. The summed E-state index contributed by atoms with van der Waals surface area (Å²) in [4.78, 5) is 2.62. The molecule has 0 heterocycles. The van der Waals surface area contributed by atoms with E-state index in [1.54, 1.807) is 5.57 Å². The summed E-state index contributed by atoms with van der Waals surface area (Å²) >= 11 is 0. The summed E-state index contributed by atoms with van der Waals surface area (Å²) in [7, 11) is 0. The van der Waals surface area contributed by atoms with Crippen molar-refractivity contribution >= 4 is 0 Å². The van der Waals surface area contributed by atoms with Gasteiger partial charge in [0.1, 0.15) is 0 Å². The largest absolute Gasteiger partial charge is 0.298 e. The zero-order valence-electron chi connectivity index (χ0n) is 13.6. The van der Waals surface area contributed by atoms with Gasteiger partial charge in [0.2, 0.25) is 0 Å². The van der Waals surface area contributed by atoms with E-state index in [4.69, 9.17) is 0 Å². The number of rotatable bonds is 3. The van der Waals surface area contributed by atoms with E-state index >= 15 is 0 Å². The predicted molar refractivity (Wildman–Crippen MR) is 81.9 cm³/mol. The van der Waals surface area contributed by atoms with Crippen LogP contribution in [-0.4, -0.2) is 23.5 Å². The maximum absolute atomic E-state index is 2.62. The highest BCUT2D eigenvalue weighted by molar-refractivity contribution is 5.14. The van der Waals surface area contributed by atoms with Gasteiger partial charge >= 0.3 is 0 Å². The zero-order valence-corrected chi connectivity index (χ0v) is 13.6. The van der Waals surface area contributed by atoms with Gasteiger partial charge in [-0.25, -0.2) is 0 Å². The predicted octanol–water partition coefficient (Wildman–Crippen LogP) is 4.88. The van der Waals surface area contributed by atoms with E-state index in [1.807, 2.05) is 0 Å². The van der Waals surface area contributed by atoms with Crippen LogP contribution in [0.4, 0.5) is 0 Å². The van der Waals surface area contributed by atoms with Gasteiger partial charge < -0.3 is 0 Å². The molecule has 1 atom stereocenters. The fraction of sp³-hybridized carbons (Fsp3) is 0.882. The number of hydrogen-bond donors (Lipinski definition) is 0. The van der Waals surface area contributed by atoms with Gasteiger partial charge in [0, 0.05) is 12.1 Å². The van der Waals surface area contributed by atoms with E-state index in [9.17, 15) is 0 Å². The Labute approximate surface area is 115 Å². The molecular formula is C17H33N. The maximum Gasteiger partial charge on any atom is 0.0125 e. The molecule has 1 rings (SSSR count). The monoisotopic (exact) mass is 251 g/mol. The van der Waals surface area contributed by atoms with Crippen LogP contribution in [-0.2, 0) is 0 Å². The summed E-state index contributed by atoms with van der Waals surface area (Å²) < 4.78 is 0. The van der Waals surface area contributed by atoms with Crippen molar-refractivity contribution in [1.82, 2.24) is 4.90 Å². The van der Waals surface area contributed by atoms with Gasteiger partial charge in [0.05, 0.1) is 0 Å². The second-order valence-electron chi connectivity index (χ2n) is 7.83. The number of nitrogens with zero attached hydrogens (tertiary/aromatic N) is 1. The van der Waals surface area contributed by atoms with Crippen molar-refractivity contribution in [3.63, 3.8) is 0 Å². The van der Waals surface area contributed by atoms with Crippen molar-refractivity contribution in [2.24, 2.45) is 11.3 Å². The Balaban J connectivity index is 2.56. The summed E-state index contributed by atoms with van der Waals surface area (Å²) in [5, 5.41) is 0. The van der Waals surface area contributed by atoms with E-state index in [2.05, 4.69) is 59.4 Å². The van der Waals surface area contributed by atoms with Gasteiger partial charge in [0.25, 0.3) is 0 Å². The van der Waals surface area contributed by atoms with Gasteiger partial charge in [0.15, 0.2) is 0 Å². The standard InChI is InChI=1S/C17H33N/c1-8-18(17(5,6)7)13-14-9-11-15(12-10-14)16(2,3)4/h11,14H,8-10,12-13H2,1-7H3. The maximum atomic E-state index is 2.62. The first-order chi connectivity index (χ1) is 8.14. The van der Waals surface area contributed by atoms with Crippen LogP contribution < -0.4 is 0 Å². The van der Waals surface area contributed by atoms with Gasteiger partial charge in [-0.05, 0) is 57.9 Å². The lowest BCUT2D eigenvalue weighted by molar-refractivity contribution is 0.116. The second kappa shape index (κ2) is 5.77. The van der Waals surface area contributed by atoms with Crippen molar-refractivity contribution in [3.05, 3.63) is 11.6 Å². The molecule has 1 nitrogen and oxygen atoms in total. The van der Waals surface area contributed by atoms with Crippen molar-refractivity contribution in [1.29, 1.82) is 0 Å². The van der Waals surface area contributed by atoms with Crippen LogP contribution in [0.2, 0.25) is 0 Å². The van der Waals surface area contributed by atoms with Gasteiger partial charge in [-0.1, -0.05) is 39.3 Å². The molecule has 1 heteroatoms. The molecule has 0 N–H and O–H groups in total. The first kappa shape index (κ1) is 15.8. The molecule has 0 saturated heterocycles. The molecule has 0 aromatic rings. The molecule has 18 heavy (non-hydrogen) atoms. The highest BCUT2D eigenvalue weighted by Gasteiger charge is 2.26. The van der Waals surface area contributed by atoms with Crippen LogP contribution in [0.3, 0.4) is 0 Å². The van der Waals surface area contributed by atoms with Crippen molar-refractivity contribution in [3.8, 4) is 0 Å². The minimum atomic E-state index is 0.308.